The SMILES string of the molecule is C[C@@H]1CCn2ccc3c(F)c(F)cc1c32. The molecule has 0 bridgehead atoms. The number of benzene rings is 1. The zero-order chi connectivity index (χ0) is 10.6. The fourth-order valence-electron chi connectivity index (χ4n) is 2.42. The Morgan fingerprint density at radius 3 is 3.00 bits per heavy atom. The van der Waals surface area contributed by atoms with Crippen molar-refractivity contribution in [2.24, 2.45) is 0 Å². The van der Waals surface area contributed by atoms with Crippen molar-refractivity contribution in [3.8, 4) is 0 Å². The van der Waals surface area contributed by atoms with Crippen LogP contribution in [0.3, 0.4) is 0 Å². The van der Waals surface area contributed by atoms with Crippen molar-refractivity contribution in [3.05, 3.63) is 35.5 Å². The summed E-state index contributed by atoms with van der Waals surface area (Å²) in [5.74, 6) is -1.14. The first-order chi connectivity index (χ1) is 7.18. The molecule has 0 radical (unpaired) electrons. The number of hydrogen-bond acceptors (Lipinski definition) is 0. The topological polar surface area (TPSA) is 4.93 Å². The first-order valence-corrected chi connectivity index (χ1v) is 5.15. The number of halogens is 2. The Hall–Kier alpha value is -1.38. The second-order valence-corrected chi connectivity index (χ2v) is 4.22. The van der Waals surface area contributed by atoms with Gasteiger partial charge in [-0.1, -0.05) is 6.92 Å². The highest BCUT2D eigenvalue weighted by molar-refractivity contribution is 5.85. The lowest BCUT2D eigenvalue weighted by Crippen LogP contribution is -2.11. The minimum absolute atomic E-state index is 0.310. The van der Waals surface area contributed by atoms with Gasteiger partial charge in [-0.2, -0.15) is 0 Å². The van der Waals surface area contributed by atoms with Crippen LogP contribution in [0.25, 0.3) is 10.9 Å². The molecule has 1 aliphatic heterocycles. The van der Waals surface area contributed by atoms with Crippen LogP contribution in [0, 0.1) is 11.6 Å². The smallest absolute Gasteiger partial charge is 0.168 e. The molecular formula is C12H11F2N. The van der Waals surface area contributed by atoms with Gasteiger partial charge in [0.2, 0.25) is 0 Å². The highest BCUT2D eigenvalue weighted by Crippen LogP contribution is 2.35. The molecule has 1 nitrogen and oxygen atoms in total. The molecule has 1 aromatic carbocycles. The van der Waals surface area contributed by atoms with Crippen molar-refractivity contribution in [1.82, 2.24) is 4.57 Å². The van der Waals surface area contributed by atoms with Crippen LogP contribution in [0.1, 0.15) is 24.8 Å². The van der Waals surface area contributed by atoms with Crippen LogP contribution < -0.4 is 0 Å². The lowest BCUT2D eigenvalue weighted by atomic mass is 9.93. The number of rotatable bonds is 0. The molecule has 78 valence electrons. The van der Waals surface area contributed by atoms with E-state index < -0.39 is 11.6 Å². The van der Waals surface area contributed by atoms with Crippen molar-refractivity contribution in [2.45, 2.75) is 25.8 Å². The maximum atomic E-state index is 13.5. The van der Waals surface area contributed by atoms with E-state index in [1.54, 1.807) is 6.07 Å². The van der Waals surface area contributed by atoms with Gasteiger partial charge in [-0.3, -0.25) is 0 Å². The Balaban J connectivity index is 2.48. The van der Waals surface area contributed by atoms with Crippen LogP contribution in [0.4, 0.5) is 8.78 Å². The number of hydrogen-bond donors (Lipinski definition) is 0. The molecule has 2 aromatic rings. The maximum absolute atomic E-state index is 13.5. The minimum atomic E-state index is -0.732. The van der Waals surface area contributed by atoms with E-state index in [9.17, 15) is 8.78 Å². The predicted molar refractivity (Wildman–Crippen MR) is 54.9 cm³/mol. The third-order valence-electron chi connectivity index (χ3n) is 3.30. The Bertz CT molecular complexity index is 542. The largest absolute Gasteiger partial charge is 0.347 e. The van der Waals surface area contributed by atoms with E-state index in [0.717, 1.165) is 24.0 Å². The van der Waals surface area contributed by atoms with E-state index in [-0.39, 0.29) is 0 Å². The summed E-state index contributed by atoms with van der Waals surface area (Å²) >= 11 is 0. The van der Waals surface area contributed by atoms with Gasteiger partial charge in [-0.05, 0) is 30.0 Å². The van der Waals surface area contributed by atoms with Gasteiger partial charge >= 0.3 is 0 Å². The average molecular weight is 207 g/mol. The molecule has 1 aromatic heterocycles. The van der Waals surface area contributed by atoms with E-state index in [0.29, 0.717) is 11.3 Å². The van der Waals surface area contributed by atoms with Gasteiger partial charge in [0, 0.05) is 18.1 Å². The Morgan fingerprint density at radius 1 is 1.40 bits per heavy atom. The molecule has 0 spiro atoms. The molecule has 2 heterocycles. The van der Waals surface area contributed by atoms with Crippen LogP contribution in [0.15, 0.2) is 18.3 Å². The molecule has 0 saturated heterocycles. The van der Waals surface area contributed by atoms with Gasteiger partial charge in [0.25, 0.3) is 0 Å². The summed E-state index contributed by atoms with van der Waals surface area (Å²) < 4.78 is 28.8. The van der Waals surface area contributed by atoms with E-state index in [1.165, 1.54) is 6.07 Å². The monoisotopic (exact) mass is 207 g/mol. The highest BCUT2D eigenvalue weighted by atomic mass is 19.2. The van der Waals surface area contributed by atoms with Crippen molar-refractivity contribution in [2.75, 3.05) is 0 Å². The molecule has 1 aliphatic rings. The molecule has 0 amide bonds. The molecule has 3 rings (SSSR count). The lowest BCUT2D eigenvalue weighted by Gasteiger charge is -2.22. The summed E-state index contributed by atoms with van der Waals surface area (Å²) in [7, 11) is 0. The summed E-state index contributed by atoms with van der Waals surface area (Å²) in [5.41, 5.74) is 1.80. The number of aryl methyl sites for hydroxylation is 1. The van der Waals surface area contributed by atoms with Crippen LogP contribution in [-0.2, 0) is 6.54 Å². The Kier molecular flexibility index (Phi) is 1.67. The third-order valence-corrected chi connectivity index (χ3v) is 3.30. The third kappa shape index (κ3) is 1.06. The number of nitrogens with zero attached hydrogens (tertiary/aromatic N) is 1. The molecule has 3 heteroatoms. The van der Waals surface area contributed by atoms with E-state index in [4.69, 9.17) is 0 Å². The predicted octanol–water partition coefficient (Wildman–Crippen LogP) is 3.43. The first kappa shape index (κ1) is 8.89. The molecule has 0 saturated carbocycles. The highest BCUT2D eigenvalue weighted by Gasteiger charge is 2.22. The molecule has 15 heavy (non-hydrogen) atoms. The van der Waals surface area contributed by atoms with Gasteiger partial charge in [-0.25, -0.2) is 8.78 Å². The van der Waals surface area contributed by atoms with E-state index >= 15 is 0 Å². The van der Waals surface area contributed by atoms with Crippen LogP contribution >= 0.6 is 0 Å². The molecular weight excluding hydrogens is 196 g/mol. The quantitative estimate of drug-likeness (QED) is 0.623. The summed E-state index contributed by atoms with van der Waals surface area (Å²) in [5, 5.41) is 0.413. The van der Waals surface area contributed by atoms with Gasteiger partial charge in [-0.15, -0.1) is 0 Å². The fraction of sp³-hybridized carbons (Fsp3) is 0.333. The van der Waals surface area contributed by atoms with Crippen molar-refractivity contribution < 1.29 is 8.78 Å². The van der Waals surface area contributed by atoms with Crippen molar-refractivity contribution in [3.63, 3.8) is 0 Å². The molecule has 0 unspecified atom stereocenters. The van der Waals surface area contributed by atoms with Gasteiger partial charge in [0.05, 0.1) is 5.52 Å². The maximum Gasteiger partial charge on any atom is 0.168 e. The van der Waals surface area contributed by atoms with Gasteiger partial charge in [0.1, 0.15) is 0 Å². The molecule has 0 aliphatic carbocycles. The summed E-state index contributed by atoms with van der Waals surface area (Å²) in [6.07, 6.45) is 2.82. The Labute approximate surface area is 86.3 Å². The second-order valence-electron chi connectivity index (χ2n) is 4.22. The normalized spacial score (nSPS) is 19.8. The first-order valence-electron chi connectivity index (χ1n) is 5.15. The van der Waals surface area contributed by atoms with E-state index in [1.807, 2.05) is 10.8 Å². The van der Waals surface area contributed by atoms with Crippen molar-refractivity contribution in [1.29, 1.82) is 0 Å². The fourth-order valence-corrected chi connectivity index (χ4v) is 2.42. The molecule has 1 atom stereocenters. The lowest BCUT2D eigenvalue weighted by molar-refractivity contribution is 0.506. The van der Waals surface area contributed by atoms with E-state index in [2.05, 4.69) is 6.92 Å². The van der Waals surface area contributed by atoms with Crippen LogP contribution in [0.2, 0.25) is 0 Å². The Morgan fingerprint density at radius 2 is 2.20 bits per heavy atom. The molecule has 0 N–H and O–H groups in total. The number of aromatic nitrogens is 1. The summed E-state index contributed by atoms with van der Waals surface area (Å²) in [6.45, 7) is 2.95. The average Bonchev–Trinajstić information content (AvgIpc) is 2.64. The minimum Gasteiger partial charge on any atom is -0.347 e. The summed E-state index contributed by atoms with van der Waals surface area (Å²) in [4.78, 5) is 0. The van der Waals surface area contributed by atoms with Gasteiger partial charge in [0.15, 0.2) is 11.6 Å². The second kappa shape index (κ2) is 2.81. The van der Waals surface area contributed by atoms with Crippen LogP contribution in [-0.4, -0.2) is 4.57 Å². The van der Waals surface area contributed by atoms with Crippen LogP contribution in [0.5, 0.6) is 0 Å². The molecule has 0 fully saturated rings. The zero-order valence-corrected chi connectivity index (χ0v) is 8.43. The summed E-state index contributed by atoms with van der Waals surface area (Å²) in [6, 6.07) is 3.01. The van der Waals surface area contributed by atoms with Crippen molar-refractivity contribution >= 4 is 10.9 Å². The zero-order valence-electron chi connectivity index (χ0n) is 8.43. The van der Waals surface area contributed by atoms with Gasteiger partial charge < -0.3 is 4.57 Å². The standard InChI is InChI=1S/C12H11F2N/c1-7-2-4-15-5-3-8-11(14)10(13)6-9(7)12(8)15/h3,5-7H,2,4H2,1H3/t7-/m1/s1.